The van der Waals surface area contributed by atoms with Gasteiger partial charge in [-0.25, -0.2) is 0 Å². The molecule has 0 spiro atoms. The summed E-state index contributed by atoms with van der Waals surface area (Å²) in [5, 5.41) is 2.99. The molecule has 0 aromatic heterocycles. The zero-order chi connectivity index (χ0) is 23.2. The van der Waals surface area contributed by atoms with Crippen LogP contribution in [0.2, 0.25) is 0 Å². The SMILES string of the molecule is Cc1cccc(OCC(=O)Nc2ccccc2N2CCN(C(=O)c3ccccc3)CC2)c1C. The fourth-order valence-corrected chi connectivity index (χ4v) is 3.98. The summed E-state index contributed by atoms with van der Waals surface area (Å²) in [6.07, 6.45) is 0. The van der Waals surface area contributed by atoms with E-state index in [0.717, 1.165) is 28.3 Å². The number of ether oxygens (including phenoxy) is 1. The van der Waals surface area contributed by atoms with Crippen LogP contribution in [0.15, 0.2) is 72.8 Å². The van der Waals surface area contributed by atoms with E-state index in [0.29, 0.717) is 31.7 Å². The van der Waals surface area contributed by atoms with Crippen LogP contribution in [0.3, 0.4) is 0 Å². The largest absolute Gasteiger partial charge is 0.483 e. The lowest BCUT2D eigenvalue weighted by Gasteiger charge is -2.37. The van der Waals surface area contributed by atoms with Crippen LogP contribution in [0.5, 0.6) is 5.75 Å². The highest BCUT2D eigenvalue weighted by molar-refractivity contribution is 5.96. The number of carbonyl (C=O) groups excluding carboxylic acids is 2. The molecule has 2 amide bonds. The summed E-state index contributed by atoms with van der Waals surface area (Å²) in [7, 11) is 0. The number of aryl methyl sites for hydroxylation is 1. The highest BCUT2D eigenvalue weighted by Crippen LogP contribution is 2.27. The Hall–Kier alpha value is -3.80. The maximum absolute atomic E-state index is 12.7. The molecule has 1 saturated heterocycles. The maximum atomic E-state index is 12.7. The van der Waals surface area contributed by atoms with Crippen LogP contribution in [-0.4, -0.2) is 49.5 Å². The van der Waals surface area contributed by atoms with Gasteiger partial charge in [0.1, 0.15) is 5.75 Å². The average molecular weight is 444 g/mol. The zero-order valence-electron chi connectivity index (χ0n) is 19.1. The quantitative estimate of drug-likeness (QED) is 0.618. The van der Waals surface area contributed by atoms with E-state index in [-0.39, 0.29) is 18.4 Å². The Bertz CT molecular complexity index is 1120. The normalized spacial score (nSPS) is 13.5. The predicted octanol–water partition coefficient (Wildman–Crippen LogP) is 4.28. The lowest BCUT2D eigenvalue weighted by atomic mass is 10.1. The molecule has 170 valence electrons. The van der Waals surface area contributed by atoms with Gasteiger partial charge in [0.15, 0.2) is 6.61 Å². The van der Waals surface area contributed by atoms with Crippen molar-refractivity contribution in [2.45, 2.75) is 13.8 Å². The molecular weight excluding hydrogens is 414 g/mol. The number of benzene rings is 3. The molecule has 0 saturated carbocycles. The van der Waals surface area contributed by atoms with Crippen LogP contribution in [0.25, 0.3) is 0 Å². The summed E-state index contributed by atoms with van der Waals surface area (Å²) in [6, 6.07) is 22.9. The van der Waals surface area contributed by atoms with Crippen LogP contribution >= 0.6 is 0 Å². The molecule has 6 heteroatoms. The van der Waals surface area contributed by atoms with E-state index in [1.807, 2.05) is 91.5 Å². The van der Waals surface area contributed by atoms with Crippen LogP contribution in [-0.2, 0) is 4.79 Å². The van der Waals surface area contributed by atoms with Gasteiger partial charge in [-0.3, -0.25) is 9.59 Å². The fraction of sp³-hybridized carbons (Fsp3) is 0.259. The van der Waals surface area contributed by atoms with Crippen molar-refractivity contribution in [2.75, 3.05) is 43.0 Å². The number of anilines is 2. The molecule has 0 unspecified atom stereocenters. The third-order valence-corrected chi connectivity index (χ3v) is 6.02. The number of piperazine rings is 1. The van der Waals surface area contributed by atoms with Gasteiger partial charge in [0.05, 0.1) is 11.4 Å². The Morgan fingerprint density at radius 3 is 2.30 bits per heavy atom. The molecule has 1 heterocycles. The van der Waals surface area contributed by atoms with Crippen LogP contribution in [0.1, 0.15) is 21.5 Å². The summed E-state index contributed by atoms with van der Waals surface area (Å²) in [5.74, 6) is 0.569. The lowest BCUT2D eigenvalue weighted by molar-refractivity contribution is -0.118. The average Bonchev–Trinajstić information content (AvgIpc) is 2.85. The number of hydrogen-bond acceptors (Lipinski definition) is 4. The minimum absolute atomic E-state index is 0.0560. The Morgan fingerprint density at radius 1 is 0.848 bits per heavy atom. The molecule has 1 N–H and O–H groups in total. The summed E-state index contributed by atoms with van der Waals surface area (Å²) in [6.45, 7) is 6.61. The first kappa shape index (κ1) is 22.4. The molecule has 0 atom stereocenters. The van der Waals surface area contributed by atoms with Gasteiger partial charge in [-0.05, 0) is 55.3 Å². The minimum Gasteiger partial charge on any atom is -0.483 e. The standard InChI is InChI=1S/C27H29N3O3/c1-20-9-8-14-25(21(20)2)33-19-26(31)28-23-12-6-7-13-24(23)29-15-17-30(18-16-29)27(32)22-10-4-3-5-11-22/h3-14H,15-19H2,1-2H3,(H,28,31). The number of amides is 2. The van der Waals surface area contributed by atoms with Crippen LogP contribution < -0.4 is 15.0 Å². The Labute approximate surface area is 194 Å². The molecule has 33 heavy (non-hydrogen) atoms. The topological polar surface area (TPSA) is 61.9 Å². The first-order chi connectivity index (χ1) is 16.0. The Balaban J connectivity index is 1.36. The second-order valence-corrected chi connectivity index (χ2v) is 8.20. The molecule has 1 aliphatic heterocycles. The minimum atomic E-state index is -0.207. The van der Waals surface area contributed by atoms with Gasteiger partial charge < -0.3 is 19.9 Å². The molecule has 3 aromatic carbocycles. The van der Waals surface area contributed by atoms with E-state index in [2.05, 4.69) is 10.2 Å². The van der Waals surface area contributed by atoms with E-state index in [1.54, 1.807) is 0 Å². The van der Waals surface area contributed by atoms with E-state index in [9.17, 15) is 9.59 Å². The molecule has 1 fully saturated rings. The van der Waals surface area contributed by atoms with Crippen LogP contribution in [0, 0.1) is 13.8 Å². The first-order valence-electron chi connectivity index (χ1n) is 11.2. The first-order valence-corrected chi connectivity index (χ1v) is 11.2. The lowest BCUT2D eigenvalue weighted by Crippen LogP contribution is -2.49. The fourth-order valence-electron chi connectivity index (χ4n) is 3.98. The van der Waals surface area contributed by atoms with Crippen molar-refractivity contribution in [3.8, 4) is 5.75 Å². The number of nitrogens with one attached hydrogen (secondary N) is 1. The van der Waals surface area contributed by atoms with Gasteiger partial charge in [0, 0.05) is 31.7 Å². The third kappa shape index (κ3) is 5.34. The van der Waals surface area contributed by atoms with Crippen molar-refractivity contribution in [1.82, 2.24) is 4.90 Å². The molecular formula is C27H29N3O3. The summed E-state index contributed by atoms with van der Waals surface area (Å²) in [5.41, 5.74) is 4.57. The molecule has 3 aromatic rings. The molecule has 0 radical (unpaired) electrons. The molecule has 4 rings (SSSR count). The van der Waals surface area contributed by atoms with E-state index in [4.69, 9.17) is 4.74 Å². The highest BCUT2D eigenvalue weighted by Gasteiger charge is 2.23. The van der Waals surface area contributed by atoms with Crippen molar-refractivity contribution < 1.29 is 14.3 Å². The molecule has 1 aliphatic rings. The van der Waals surface area contributed by atoms with E-state index >= 15 is 0 Å². The predicted molar refractivity (Wildman–Crippen MR) is 131 cm³/mol. The Morgan fingerprint density at radius 2 is 1.55 bits per heavy atom. The van der Waals surface area contributed by atoms with Gasteiger partial charge in [0.25, 0.3) is 11.8 Å². The van der Waals surface area contributed by atoms with Gasteiger partial charge in [-0.2, -0.15) is 0 Å². The number of hydrogen-bond donors (Lipinski definition) is 1. The van der Waals surface area contributed by atoms with E-state index in [1.165, 1.54) is 0 Å². The van der Waals surface area contributed by atoms with Gasteiger partial charge in [0.2, 0.25) is 0 Å². The van der Waals surface area contributed by atoms with E-state index < -0.39 is 0 Å². The number of carbonyl (C=O) groups is 2. The number of rotatable bonds is 6. The van der Waals surface area contributed by atoms with Crippen molar-refractivity contribution in [3.05, 3.63) is 89.5 Å². The summed E-state index contributed by atoms with van der Waals surface area (Å²) in [4.78, 5) is 29.4. The summed E-state index contributed by atoms with van der Waals surface area (Å²) < 4.78 is 5.75. The van der Waals surface area contributed by atoms with Gasteiger partial charge in [-0.15, -0.1) is 0 Å². The maximum Gasteiger partial charge on any atom is 0.262 e. The summed E-state index contributed by atoms with van der Waals surface area (Å²) >= 11 is 0. The monoisotopic (exact) mass is 443 g/mol. The molecule has 0 aliphatic carbocycles. The third-order valence-electron chi connectivity index (χ3n) is 6.02. The van der Waals surface area contributed by atoms with Crippen LogP contribution in [0.4, 0.5) is 11.4 Å². The molecule has 0 bridgehead atoms. The second-order valence-electron chi connectivity index (χ2n) is 8.20. The highest BCUT2D eigenvalue weighted by atomic mass is 16.5. The smallest absolute Gasteiger partial charge is 0.262 e. The zero-order valence-corrected chi connectivity index (χ0v) is 19.1. The van der Waals surface area contributed by atoms with Crippen molar-refractivity contribution in [1.29, 1.82) is 0 Å². The van der Waals surface area contributed by atoms with Crippen molar-refractivity contribution >= 4 is 23.2 Å². The van der Waals surface area contributed by atoms with Gasteiger partial charge in [-0.1, -0.05) is 42.5 Å². The van der Waals surface area contributed by atoms with Gasteiger partial charge >= 0.3 is 0 Å². The number of para-hydroxylation sites is 2. The Kier molecular flexibility index (Phi) is 6.93. The van der Waals surface area contributed by atoms with Crippen molar-refractivity contribution in [3.63, 3.8) is 0 Å². The second kappa shape index (κ2) is 10.2. The number of nitrogens with zero attached hydrogens (tertiary/aromatic N) is 2. The van der Waals surface area contributed by atoms with Crippen molar-refractivity contribution in [2.24, 2.45) is 0 Å². The molecule has 6 nitrogen and oxygen atoms in total.